The van der Waals surface area contributed by atoms with E-state index < -0.39 is 69.0 Å². The van der Waals surface area contributed by atoms with Gasteiger partial charge in [0.05, 0.1) is 19.8 Å². The number of rotatable bonds is 12. The molecular formula is C18H30N5O10P. The molecule has 4 atom stereocenters. The molecule has 6 N–H and O–H groups in total. The Morgan fingerprint density at radius 2 is 1.82 bits per heavy atom. The van der Waals surface area contributed by atoms with Crippen LogP contribution in [0.5, 0.6) is 0 Å². The topological polar surface area (TPSA) is 214 Å². The number of carbonyl (C=O) groups is 2. The second-order valence-electron chi connectivity index (χ2n) is 7.37. The van der Waals surface area contributed by atoms with Crippen molar-refractivity contribution in [3.8, 4) is 0 Å². The number of esters is 2. The van der Waals surface area contributed by atoms with E-state index in [0.717, 1.165) is 4.57 Å². The molecular weight excluding hydrogens is 477 g/mol. The maximum absolute atomic E-state index is 13.2. The lowest BCUT2D eigenvalue weighted by atomic mass is 9.96. The summed E-state index contributed by atoms with van der Waals surface area (Å²) in [7, 11) is -4.07. The first-order chi connectivity index (χ1) is 15.9. The first-order valence-corrected chi connectivity index (χ1v) is 12.0. The number of anilines is 1. The Balaban J connectivity index is 2.13. The van der Waals surface area contributed by atoms with Crippen LogP contribution in [-0.4, -0.2) is 82.4 Å². The van der Waals surface area contributed by atoms with Gasteiger partial charge >= 0.3 is 25.3 Å². The molecule has 34 heavy (non-hydrogen) atoms. The number of hydrogen-bond acceptors (Lipinski definition) is 12. The highest BCUT2D eigenvalue weighted by Crippen LogP contribution is 2.42. The van der Waals surface area contributed by atoms with Gasteiger partial charge in [0.1, 0.15) is 36.7 Å². The van der Waals surface area contributed by atoms with Crippen LogP contribution in [0.15, 0.2) is 17.1 Å². The zero-order valence-electron chi connectivity index (χ0n) is 19.0. The standard InChI is InChI=1S/C18H30N5O10P/c1-4-30-13(24)8-20-34(29,21-9-14(25)31-5-2)32-10-11-15(26)18(3,28)16(33-11)23-7-6-12(19)22-17(23)27/h6-7,11,15-16,26,28H,4-5,8-10H2,1-3H3,(H2,19,22,27)(H2,20,21,29)/t11-,15-,16-,18-/m1/s1. The van der Waals surface area contributed by atoms with Crippen molar-refractivity contribution in [2.24, 2.45) is 0 Å². The fourth-order valence-corrected chi connectivity index (χ4v) is 4.39. The average Bonchev–Trinajstić information content (AvgIpc) is 2.99. The lowest BCUT2D eigenvalue weighted by Crippen LogP contribution is -2.46. The van der Waals surface area contributed by atoms with Crippen LogP contribution in [0.25, 0.3) is 0 Å². The second kappa shape index (κ2) is 11.8. The van der Waals surface area contributed by atoms with E-state index in [1.165, 1.54) is 19.2 Å². The molecule has 15 nitrogen and oxygen atoms in total. The monoisotopic (exact) mass is 507 g/mol. The van der Waals surface area contributed by atoms with Crippen molar-refractivity contribution >= 4 is 25.4 Å². The highest BCUT2D eigenvalue weighted by atomic mass is 31.2. The van der Waals surface area contributed by atoms with Crippen LogP contribution in [0, 0.1) is 0 Å². The van der Waals surface area contributed by atoms with Gasteiger partial charge in [-0.15, -0.1) is 0 Å². The van der Waals surface area contributed by atoms with Crippen LogP contribution in [0.3, 0.4) is 0 Å². The number of aromatic nitrogens is 2. The third-order valence-corrected chi connectivity index (χ3v) is 6.41. The van der Waals surface area contributed by atoms with E-state index >= 15 is 0 Å². The van der Waals surface area contributed by atoms with Gasteiger partial charge in [-0.2, -0.15) is 4.98 Å². The molecule has 0 aromatic carbocycles. The van der Waals surface area contributed by atoms with Gasteiger partial charge in [0, 0.05) is 6.20 Å². The molecule has 0 spiro atoms. The summed E-state index contributed by atoms with van der Waals surface area (Å²) in [5, 5.41) is 26.1. The Morgan fingerprint density at radius 3 is 2.32 bits per heavy atom. The number of aliphatic hydroxyl groups excluding tert-OH is 1. The first kappa shape index (κ1) is 27.9. The molecule has 1 aromatic heterocycles. The van der Waals surface area contributed by atoms with Gasteiger partial charge in [-0.3, -0.25) is 18.7 Å². The van der Waals surface area contributed by atoms with Crippen molar-refractivity contribution in [2.75, 3.05) is 38.6 Å². The molecule has 0 unspecified atom stereocenters. The minimum atomic E-state index is -4.07. The van der Waals surface area contributed by atoms with Crippen LogP contribution in [-0.2, 0) is 32.9 Å². The van der Waals surface area contributed by atoms with E-state index in [1.54, 1.807) is 13.8 Å². The lowest BCUT2D eigenvalue weighted by molar-refractivity contribution is -0.142. The average molecular weight is 507 g/mol. The Morgan fingerprint density at radius 1 is 1.26 bits per heavy atom. The van der Waals surface area contributed by atoms with Gasteiger partial charge < -0.3 is 34.7 Å². The molecule has 16 heteroatoms. The van der Waals surface area contributed by atoms with Crippen molar-refractivity contribution in [1.82, 2.24) is 19.7 Å². The normalized spacial score (nSPS) is 24.7. The van der Waals surface area contributed by atoms with Gasteiger partial charge in [-0.1, -0.05) is 0 Å². The third kappa shape index (κ3) is 7.06. The molecule has 1 saturated heterocycles. The number of hydrogen-bond donors (Lipinski definition) is 5. The number of nitrogens with zero attached hydrogens (tertiary/aromatic N) is 2. The van der Waals surface area contributed by atoms with E-state index in [1.807, 2.05) is 0 Å². The number of aliphatic hydroxyl groups is 2. The maximum Gasteiger partial charge on any atom is 0.351 e. The molecule has 1 aliphatic rings. The molecule has 1 aromatic rings. The Bertz CT molecular complexity index is 945. The van der Waals surface area contributed by atoms with Crippen LogP contribution in [0.2, 0.25) is 0 Å². The smallest absolute Gasteiger partial charge is 0.351 e. The largest absolute Gasteiger partial charge is 0.465 e. The van der Waals surface area contributed by atoms with E-state index in [9.17, 15) is 29.2 Å². The molecule has 0 bridgehead atoms. The van der Waals surface area contributed by atoms with Crippen molar-refractivity contribution in [3.63, 3.8) is 0 Å². The van der Waals surface area contributed by atoms with Crippen molar-refractivity contribution in [2.45, 2.75) is 44.8 Å². The lowest BCUT2D eigenvalue weighted by Gasteiger charge is -2.27. The summed E-state index contributed by atoms with van der Waals surface area (Å²) in [6, 6.07) is 1.31. The molecule has 0 amide bonds. The fourth-order valence-electron chi connectivity index (χ4n) is 3.07. The molecule has 0 radical (unpaired) electrons. The van der Waals surface area contributed by atoms with Crippen molar-refractivity contribution in [1.29, 1.82) is 0 Å². The van der Waals surface area contributed by atoms with Crippen molar-refractivity contribution < 1.29 is 43.1 Å². The molecule has 1 aliphatic heterocycles. The Labute approximate surface area is 195 Å². The Kier molecular flexibility index (Phi) is 9.70. The number of nitrogens with one attached hydrogen (secondary N) is 2. The van der Waals surface area contributed by atoms with E-state index in [0.29, 0.717) is 0 Å². The van der Waals surface area contributed by atoms with Crippen LogP contribution < -0.4 is 21.6 Å². The number of ether oxygens (including phenoxy) is 3. The molecule has 2 heterocycles. The first-order valence-electron chi connectivity index (χ1n) is 10.4. The fraction of sp³-hybridized carbons (Fsp3) is 0.667. The van der Waals surface area contributed by atoms with Gasteiger partial charge in [0.15, 0.2) is 6.23 Å². The summed E-state index contributed by atoms with van der Waals surface area (Å²) < 4.78 is 34.6. The summed E-state index contributed by atoms with van der Waals surface area (Å²) in [6.45, 7) is 3.03. The minimum Gasteiger partial charge on any atom is -0.465 e. The second-order valence-corrected chi connectivity index (χ2v) is 9.36. The summed E-state index contributed by atoms with van der Waals surface area (Å²) >= 11 is 0. The number of carbonyl (C=O) groups excluding carboxylic acids is 2. The molecule has 0 aliphatic carbocycles. The number of nitrogens with two attached hydrogens (primary N) is 1. The van der Waals surface area contributed by atoms with E-state index in [2.05, 4.69) is 15.2 Å². The summed E-state index contributed by atoms with van der Waals surface area (Å²) in [5.41, 5.74) is 2.69. The molecule has 192 valence electrons. The summed E-state index contributed by atoms with van der Waals surface area (Å²) in [5.74, 6) is -1.49. The molecule has 2 rings (SSSR count). The highest BCUT2D eigenvalue weighted by Gasteiger charge is 2.54. The van der Waals surface area contributed by atoms with Crippen LogP contribution >= 0.6 is 7.67 Å². The van der Waals surface area contributed by atoms with Gasteiger partial charge in [0.25, 0.3) is 0 Å². The Hall–Kier alpha value is -2.39. The predicted molar refractivity (Wildman–Crippen MR) is 116 cm³/mol. The SMILES string of the molecule is CCOC(=O)CNP(=O)(NCC(=O)OCC)OC[C@H]1O[C@@H](n2ccc(N)nc2=O)[C@](C)(O)[C@@H]1O. The quantitative estimate of drug-likeness (QED) is 0.157. The summed E-state index contributed by atoms with van der Waals surface area (Å²) in [4.78, 5) is 39.0. The highest BCUT2D eigenvalue weighted by molar-refractivity contribution is 7.54. The van der Waals surface area contributed by atoms with E-state index in [-0.39, 0.29) is 19.0 Å². The van der Waals surface area contributed by atoms with Crippen LogP contribution in [0.1, 0.15) is 27.0 Å². The van der Waals surface area contributed by atoms with Crippen LogP contribution in [0.4, 0.5) is 5.82 Å². The maximum atomic E-state index is 13.2. The zero-order chi connectivity index (χ0) is 25.5. The van der Waals surface area contributed by atoms with E-state index in [4.69, 9.17) is 24.5 Å². The van der Waals surface area contributed by atoms with Gasteiger partial charge in [0.2, 0.25) is 0 Å². The molecule has 0 saturated carbocycles. The minimum absolute atomic E-state index is 0.0411. The zero-order valence-corrected chi connectivity index (χ0v) is 19.9. The summed E-state index contributed by atoms with van der Waals surface area (Å²) in [6.07, 6.45) is -2.96. The van der Waals surface area contributed by atoms with Crippen molar-refractivity contribution in [3.05, 3.63) is 22.7 Å². The number of nitrogen functional groups attached to an aromatic ring is 1. The molecule has 1 fully saturated rings. The van der Waals surface area contributed by atoms with Gasteiger partial charge in [-0.05, 0) is 26.8 Å². The third-order valence-electron chi connectivity index (χ3n) is 4.75. The van der Waals surface area contributed by atoms with Gasteiger partial charge in [-0.25, -0.2) is 15.0 Å². The predicted octanol–water partition coefficient (Wildman–Crippen LogP) is -1.74.